The van der Waals surface area contributed by atoms with Crippen molar-refractivity contribution in [2.24, 2.45) is 0 Å². The van der Waals surface area contributed by atoms with Crippen LogP contribution in [0.1, 0.15) is 42.0 Å². The summed E-state index contributed by atoms with van der Waals surface area (Å²) in [4.78, 5) is 12.5. The smallest absolute Gasteiger partial charge is 0.267 e. The molecule has 4 heteroatoms. The average molecular weight is 361 g/mol. The van der Waals surface area contributed by atoms with Gasteiger partial charge in [0.15, 0.2) is 0 Å². The van der Waals surface area contributed by atoms with Gasteiger partial charge >= 0.3 is 0 Å². The Morgan fingerprint density at radius 2 is 1.81 bits per heavy atom. The molecule has 0 bridgehead atoms. The van der Waals surface area contributed by atoms with Crippen LogP contribution in [0.15, 0.2) is 54.2 Å². The van der Waals surface area contributed by atoms with Crippen LogP contribution < -0.4 is 10.6 Å². The quantitative estimate of drug-likeness (QED) is 0.430. The number of para-hydroxylation sites is 1. The molecule has 0 unspecified atom stereocenters. The molecule has 1 amide bonds. The van der Waals surface area contributed by atoms with Gasteiger partial charge in [-0.25, -0.2) is 0 Å². The van der Waals surface area contributed by atoms with Gasteiger partial charge in [-0.2, -0.15) is 5.26 Å². The van der Waals surface area contributed by atoms with Crippen LogP contribution in [-0.4, -0.2) is 12.5 Å². The number of amides is 1. The molecular weight excluding hydrogens is 334 g/mol. The Hall–Kier alpha value is -3.06. The van der Waals surface area contributed by atoms with Crippen molar-refractivity contribution in [1.82, 2.24) is 5.32 Å². The van der Waals surface area contributed by atoms with Gasteiger partial charge in [0.25, 0.3) is 5.91 Å². The molecule has 0 spiro atoms. The number of nitrogens with one attached hydrogen (secondary N) is 2. The molecule has 0 aliphatic carbocycles. The minimum atomic E-state index is -0.392. The molecule has 27 heavy (non-hydrogen) atoms. The molecule has 2 aromatic carbocycles. The molecule has 2 rings (SSSR count). The fourth-order valence-electron chi connectivity index (χ4n) is 2.94. The first-order valence-electron chi connectivity index (χ1n) is 9.23. The SMILES string of the molecule is Cc1ccccc1CCN/C=C(/C#N)C(=O)Nc1c(C)cccc1C(C)C. The number of hydrogen-bond acceptors (Lipinski definition) is 3. The van der Waals surface area contributed by atoms with Crippen LogP contribution in [0, 0.1) is 25.2 Å². The van der Waals surface area contributed by atoms with Crippen molar-refractivity contribution in [3.8, 4) is 6.07 Å². The third-order valence-electron chi connectivity index (χ3n) is 4.58. The second-order valence-electron chi connectivity index (χ2n) is 6.95. The maximum Gasteiger partial charge on any atom is 0.267 e. The minimum Gasteiger partial charge on any atom is -0.389 e. The number of aryl methyl sites for hydroxylation is 2. The number of rotatable bonds is 7. The maximum atomic E-state index is 12.5. The molecule has 0 aliphatic heterocycles. The Kier molecular flexibility index (Phi) is 7.19. The summed E-state index contributed by atoms with van der Waals surface area (Å²) in [6, 6.07) is 16.1. The van der Waals surface area contributed by atoms with Gasteiger partial charge in [0.1, 0.15) is 11.6 Å². The highest BCUT2D eigenvalue weighted by atomic mass is 16.1. The molecule has 0 heterocycles. The lowest BCUT2D eigenvalue weighted by Crippen LogP contribution is -2.19. The van der Waals surface area contributed by atoms with Crippen molar-refractivity contribution in [1.29, 1.82) is 5.26 Å². The predicted molar refractivity (Wildman–Crippen MR) is 110 cm³/mol. The number of anilines is 1. The van der Waals surface area contributed by atoms with Crippen molar-refractivity contribution < 1.29 is 4.79 Å². The van der Waals surface area contributed by atoms with Gasteiger partial charge in [0.05, 0.1) is 0 Å². The Balaban J connectivity index is 2.03. The summed E-state index contributed by atoms with van der Waals surface area (Å²) in [7, 11) is 0. The first kappa shape index (κ1) is 20.3. The lowest BCUT2D eigenvalue weighted by atomic mass is 9.98. The third-order valence-corrected chi connectivity index (χ3v) is 4.58. The highest BCUT2D eigenvalue weighted by Crippen LogP contribution is 2.27. The first-order valence-corrected chi connectivity index (χ1v) is 9.23. The molecule has 0 atom stereocenters. The maximum absolute atomic E-state index is 12.5. The molecule has 0 aliphatic rings. The Morgan fingerprint density at radius 3 is 2.48 bits per heavy atom. The number of hydrogen-bond donors (Lipinski definition) is 2. The normalized spacial score (nSPS) is 11.2. The van der Waals surface area contributed by atoms with Gasteiger partial charge < -0.3 is 10.6 Å². The topological polar surface area (TPSA) is 64.9 Å². The number of nitrogens with zero attached hydrogens (tertiary/aromatic N) is 1. The van der Waals surface area contributed by atoms with E-state index in [2.05, 4.69) is 43.5 Å². The lowest BCUT2D eigenvalue weighted by Gasteiger charge is -2.16. The number of carbonyl (C=O) groups is 1. The number of carbonyl (C=O) groups excluding carboxylic acids is 1. The summed E-state index contributed by atoms with van der Waals surface area (Å²) >= 11 is 0. The van der Waals surface area contributed by atoms with E-state index in [1.807, 2.05) is 43.3 Å². The monoisotopic (exact) mass is 361 g/mol. The summed E-state index contributed by atoms with van der Waals surface area (Å²) in [5.41, 5.74) is 5.40. The van der Waals surface area contributed by atoms with Gasteiger partial charge in [-0.15, -0.1) is 0 Å². The molecule has 140 valence electrons. The summed E-state index contributed by atoms with van der Waals surface area (Å²) < 4.78 is 0. The predicted octanol–water partition coefficient (Wildman–Crippen LogP) is 4.61. The molecule has 2 N–H and O–H groups in total. The zero-order valence-electron chi connectivity index (χ0n) is 16.5. The van der Waals surface area contributed by atoms with Crippen LogP contribution in [0.2, 0.25) is 0 Å². The van der Waals surface area contributed by atoms with Crippen LogP contribution in [0.4, 0.5) is 5.69 Å². The molecule has 4 nitrogen and oxygen atoms in total. The third kappa shape index (κ3) is 5.46. The minimum absolute atomic E-state index is 0.0674. The first-order chi connectivity index (χ1) is 12.9. The highest BCUT2D eigenvalue weighted by molar-refractivity contribution is 6.07. The van der Waals surface area contributed by atoms with E-state index >= 15 is 0 Å². The standard InChI is InChI=1S/C23H27N3O/c1-16(2)21-11-7-9-18(4)22(21)26-23(27)20(14-24)15-25-13-12-19-10-6-5-8-17(19)3/h5-11,15-16,25H,12-13H2,1-4H3,(H,26,27)/b20-15-. The Labute approximate surface area is 161 Å². The Bertz CT molecular complexity index is 875. The fraction of sp³-hybridized carbons (Fsp3) is 0.304. The van der Waals surface area contributed by atoms with Crippen LogP contribution in [0.25, 0.3) is 0 Å². The molecule has 0 radical (unpaired) electrons. The molecule has 0 fully saturated rings. The molecule has 0 aromatic heterocycles. The van der Waals surface area contributed by atoms with Crippen molar-refractivity contribution >= 4 is 11.6 Å². The van der Waals surface area contributed by atoms with E-state index < -0.39 is 5.91 Å². The van der Waals surface area contributed by atoms with Crippen molar-refractivity contribution in [2.45, 2.75) is 40.0 Å². The zero-order valence-corrected chi connectivity index (χ0v) is 16.5. The van der Waals surface area contributed by atoms with Crippen LogP contribution in [0.3, 0.4) is 0 Å². The van der Waals surface area contributed by atoms with Gasteiger partial charge in [0.2, 0.25) is 0 Å². The van der Waals surface area contributed by atoms with Gasteiger partial charge in [-0.05, 0) is 48.4 Å². The second kappa shape index (κ2) is 9.59. The highest BCUT2D eigenvalue weighted by Gasteiger charge is 2.15. The molecule has 2 aromatic rings. The Morgan fingerprint density at radius 1 is 1.11 bits per heavy atom. The number of benzene rings is 2. The van der Waals surface area contributed by atoms with Crippen molar-refractivity contribution in [3.05, 3.63) is 76.5 Å². The van der Waals surface area contributed by atoms with Crippen LogP contribution in [0.5, 0.6) is 0 Å². The van der Waals surface area contributed by atoms with E-state index in [9.17, 15) is 10.1 Å². The van der Waals surface area contributed by atoms with E-state index in [1.54, 1.807) is 0 Å². The number of nitriles is 1. The lowest BCUT2D eigenvalue weighted by molar-refractivity contribution is -0.112. The van der Waals surface area contributed by atoms with Crippen LogP contribution in [-0.2, 0) is 11.2 Å². The summed E-state index contributed by atoms with van der Waals surface area (Å²) in [5, 5.41) is 15.4. The van der Waals surface area contributed by atoms with E-state index in [1.165, 1.54) is 17.3 Å². The van der Waals surface area contributed by atoms with Crippen LogP contribution >= 0.6 is 0 Å². The van der Waals surface area contributed by atoms with Crippen molar-refractivity contribution in [2.75, 3.05) is 11.9 Å². The molecule has 0 saturated heterocycles. The van der Waals surface area contributed by atoms with Gasteiger partial charge in [-0.3, -0.25) is 4.79 Å². The average Bonchev–Trinajstić information content (AvgIpc) is 2.64. The largest absolute Gasteiger partial charge is 0.389 e. The van der Waals surface area contributed by atoms with Gasteiger partial charge in [-0.1, -0.05) is 56.3 Å². The summed E-state index contributed by atoms with van der Waals surface area (Å²) in [5.74, 6) is -0.112. The van der Waals surface area contributed by atoms with E-state index in [-0.39, 0.29) is 11.5 Å². The van der Waals surface area contributed by atoms with E-state index in [0.29, 0.717) is 6.54 Å². The zero-order chi connectivity index (χ0) is 19.8. The van der Waals surface area contributed by atoms with Gasteiger partial charge in [0, 0.05) is 18.4 Å². The summed E-state index contributed by atoms with van der Waals surface area (Å²) in [6.07, 6.45) is 2.33. The molecule has 0 saturated carbocycles. The van der Waals surface area contributed by atoms with Crippen molar-refractivity contribution in [3.63, 3.8) is 0 Å². The molecular formula is C23H27N3O. The second-order valence-corrected chi connectivity index (χ2v) is 6.95. The van der Waals surface area contributed by atoms with E-state index in [4.69, 9.17) is 0 Å². The van der Waals surface area contributed by atoms with E-state index in [0.717, 1.165) is 23.2 Å². The summed E-state index contributed by atoms with van der Waals surface area (Å²) in [6.45, 7) is 8.85. The fourth-order valence-corrected chi connectivity index (χ4v) is 2.94.